The number of rotatable bonds is 5. The standard InChI is InChI=1S/C15H23NO2/c1-12(2)13-3-5-15(6-4-13)18-9-7-14-11-17-10-8-16-14/h3-6,12,14,16H,7-11H2,1-2H3. The van der Waals surface area contributed by atoms with Crippen LogP contribution in [0.25, 0.3) is 0 Å². The fraction of sp³-hybridized carbons (Fsp3) is 0.600. The molecule has 0 saturated carbocycles. The van der Waals surface area contributed by atoms with Gasteiger partial charge >= 0.3 is 0 Å². The molecule has 1 heterocycles. The van der Waals surface area contributed by atoms with Gasteiger partial charge in [-0.05, 0) is 30.0 Å². The second-order valence-corrected chi connectivity index (χ2v) is 5.09. The fourth-order valence-electron chi connectivity index (χ4n) is 2.07. The summed E-state index contributed by atoms with van der Waals surface area (Å²) < 4.78 is 11.2. The van der Waals surface area contributed by atoms with Gasteiger partial charge in [0.25, 0.3) is 0 Å². The van der Waals surface area contributed by atoms with Gasteiger partial charge in [0, 0.05) is 12.6 Å². The lowest BCUT2D eigenvalue weighted by molar-refractivity contribution is 0.0691. The smallest absolute Gasteiger partial charge is 0.119 e. The Hall–Kier alpha value is -1.06. The molecule has 1 aliphatic heterocycles. The molecule has 1 unspecified atom stereocenters. The average Bonchev–Trinajstić information content (AvgIpc) is 2.40. The largest absolute Gasteiger partial charge is 0.494 e. The van der Waals surface area contributed by atoms with Gasteiger partial charge in [-0.3, -0.25) is 0 Å². The number of hydrogen-bond acceptors (Lipinski definition) is 3. The normalized spacial score (nSPS) is 20.1. The Morgan fingerprint density at radius 2 is 2.11 bits per heavy atom. The van der Waals surface area contributed by atoms with Crippen LogP contribution in [0.2, 0.25) is 0 Å². The van der Waals surface area contributed by atoms with E-state index in [2.05, 4.69) is 43.4 Å². The van der Waals surface area contributed by atoms with Gasteiger partial charge in [-0.2, -0.15) is 0 Å². The van der Waals surface area contributed by atoms with E-state index in [9.17, 15) is 0 Å². The Bertz CT molecular complexity index is 342. The molecule has 0 radical (unpaired) electrons. The molecule has 100 valence electrons. The van der Waals surface area contributed by atoms with Crippen LogP contribution >= 0.6 is 0 Å². The van der Waals surface area contributed by atoms with Crippen LogP contribution in [0.3, 0.4) is 0 Å². The molecular formula is C15H23NO2. The van der Waals surface area contributed by atoms with Crippen molar-refractivity contribution in [3.8, 4) is 5.75 Å². The summed E-state index contributed by atoms with van der Waals surface area (Å²) in [5.74, 6) is 1.53. The van der Waals surface area contributed by atoms with Crippen molar-refractivity contribution in [1.82, 2.24) is 5.32 Å². The molecule has 1 aliphatic rings. The predicted molar refractivity (Wildman–Crippen MR) is 73.3 cm³/mol. The molecule has 0 amide bonds. The van der Waals surface area contributed by atoms with Crippen molar-refractivity contribution in [3.63, 3.8) is 0 Å². The maximum Gasteiger partial charge on any atom is 0.119 e. The maximum absolute atomic E-state index is 5.75. The van der Waals surface area contributed by atoms with Crippen LogP contribution in [0.5, 0.6) is 5.75 Å². The Morgan fingerprint density at radius 3 is 2.72 bits per heavy atom. The summed E-state index contributed by atoms with van der Waals surface area (Å²) in [4.78, 5) is 0. The lowest BCUT2D eigenvalue weighted by Gasteiger charge is -2.23. The van der Waals surface area contributed by atoms with Crippen molar-refractivity contribution in [2.75, 3.05) is 26.4 Å². The monoisotopic (exact) mass is 249 g/mol. The summed E-state index contributed by atoms with van der Waals surface area (Å²) in [6, 6.07) is 8.83. The molecule has 0 spiro atoms. The summed E-state index contributed by atoms with van der Waals surface area (Å²) in [7, 11) is 0. The third-order valence-electron chi connectivity index (χ3n) is 3.28. The van der Waals surface area contributed by atoms with Gasteiger partial charge in [0.05, 0.1) is 19.8 Å². The number of nitrogens with one attached hydrogen (secondary N) is 1. The minimum atomic E-state index is 0.439. The number of hydrogen-bond donors (Lipinski definition) is 1. The lowest BCUT2D eigenvalue weighted by atomic mass is 10.0. The highest BCUT2D eigenvalue weighted by molar-refractivity contribution is 5.28. The van der Waals surface area contributed by atoms with Crippen LogP contribution in [-0.4, -0.2) is 32.4 Å². The fourth-order valence-corrected chi connectivity index (χ4v) is 2.07. The zero-order valence-corrected chi connectivity index (χ0v) is 11.3. The molecule has 2 rings (SSSR count). The topological polar surface area (TPSA) is 30.5 Å². The van der Waals surface area contributed by atoms with Crippen molar-refractivity contribution in [2.45, 2.75) is 32.2 Å². The summed E-state index contributed by atoms with van der Waals surface area (Å²) in [6.45, 7) is 7.72. The molecule has 3 heteroatoms. The molecule has 0 aliphatic carbocycles. The van der Waals surface area contributed by atoms with E-state index in [0.29, 0.717) is 12.0 Å². The second-order valence-electron chi connectivity index (χ2n) is 5.09. The van der Waals surface area contributed by atoms with Crippen LogP contribution in [0.15, 0.2) is 24.3 Å². The van der Waals surface area contributed by atoms with E-state index in [1.807, 2.05) is 0 Å². The first-order valence-electron chi connectivity index (χ1n) is 6.79. The summed E-state index contributed by atoms with van der Waals surface area (Å²) in [5.41, 5.74) is 1.35. The van der Waals surface area contributed by atoms with Gasteiger partial charge < -0.3 is 14.8 Å². The molecule has 1 N–H and O–H groups in total. The van der Waals surface area contributed by atoms with E-state index >= 15 is 0 Å². The third-order valence-corrected chi connectivity index (χ3v) is 3.28. The van der Waals surface area contributed by atoms with Crippen LogP contribution in [0.1, 0.15) is 31.7 Å². The van der Waals surface area contributed by atoms with Gasteiger partial charge in [0.1, 0.15) is 5.75 Å². The molecule has 1 aromatic carbocycles. The van der Waals surface area contributed by atoms with Crippen molar-refractivity contribution in [1.29, 1.82) is 0 Å². The van der Waals surface area contributed by atoms with Gasteiger partial charge in [-0.1, -0.05) is 26.0 Å². The third kappa shape index (κ3) is 4.00. The Kier molecular flexibility index (Phi) is 5.02. The number of benzene rings is 1. The highest BCUT2D eigenvalue weighted by atomic mass is 16.5. The van der Waals surface area contributed by atoms with E-state index < -0.39 is 0 Å². The van der Waals surface area contributed by atoms with Crippen molar-refractivity contribution >= 4 is 0 Å². The number of morpholine rings is 1. The highest BCUT2D eigenvalue weighted by Gasteiger charge is 2.12. The number of ether oxygens (including phenoxy) is 2. The highest BCUT2D eigenvalue weighted by Crippen LogP contribution is 2.18. The quantitative estimate of drug-likeness (QED) is 0.870. The summed E-state index contributed by atoms with van der Waals surface area (Å²) in [6.07, 6.45) is 0.992. The lowest BCUT2D eigenvalue weighted by Crippen LogP contribution is -2.41. The SMILES string of the molecule is CC(C)c1ccc(OCCC2COCCN2)cc1. The van der Waals surface area contributed by atoms with Gasteiger partial charge in [0.2, 0.25) is 0 Å². The van der Waals surface area contributed by atoms with E-state index in [1.165, 1.54) is 5.56 Å². The summed E-state index contributed by atoms with van der Waals surface area (Å²) in [5, 5.41) is 3.42. The zero-order chi connectivity index (χ0) is 12.8. The molecule has 1 aromatic rings. The molecule has 1 fully saturated rings. The maximum atomic E-state index is 5.75. The van der Waals surface area contributed by atoms with Gasteiger partial charge in [0.15, 0.2) is 0 Å². The Labute approximate surface area is 109 Å². The molecule has 3 nitrogen and oxygen atoms in total. The molecule has 1 atom stereocenters. The minimum absolute atomic E-state index is 0.439. The van der Waals surface area contributed by atoms with Crippen molar-refractivity contribution < 1.29 is 9.47 Å². The van der Waals surface area contributed by atoms with Crippen molar-refractivity contribution in [3.05, 3.63) is 29.8 Å². The Morgan fingerprint density at radius 1 is 1.33 bits per heavy atom. The van der Waals surface area contributed by atoms with E-state index in [-0.39, 0.29) is 0 Å². The first kappa shape index (κ1) is 13.4. The molecule has 0 bridgehead atoms. The first-order chi connectivity index (χ1) is 8.75. The van der Waals surface area contributed by atoms with Crippen LogP contribution < -0.4 is 10.1 Å². The second kappa shape index (κ2) is 6.76. The molecule has 1 saturated heterocycles. The van der Waals surface area contributed by atoms with E-state index in [4.69, 9.17) is 9.47 Å². The average molecular weight is 249 g/mol. The molecular weight excluding hydrogens is 226 g/mol. The molecule has 18 heavy (non-hydrogen) atoms. The van der Waals surface area contributed by atoms with Crippen LogP contribution in [-0.2, 0) is 4.74 Å². The zero-order valence-electron chi connectivity index (χ0n) is 11.3. The van der Waals surface area contributed by atoms with Crippen molar-refractivity contribution in [2.24, 2.45) is 0 Å². The van der Waals surface area contributed by atoms with E-state index in [0.717, 1.165) is 38.5 Å². The van der Waals surface area contributed by atoms with E-state index in [1.54, 1.807) is 0 Å². The first-order valence-corrected chi connectivity index (χ1v) is 6.79. The Balaban J connectivity index is 1.72. The van der Waals surface area contributed by atoms with Gasteiger partial charge in [-0.25, -0.2) is 0 Å². The van der Waals surface area contributed by atoms with Gasteiger partial charge in [-0.15, -0.1) is 0 Å². The van der Waals surface area contributed by atoms with Crippen LogP contribution in [0, 0.1) is 0 Å². The molecule has 0 aromatic heterocycles. The minimum Gasteiger partial charge on any atom is -0.494 e. The summed E-state index contributed by atoms with van der Waals surface area (Å²) >= 11 is 0. The van der Waals surface area contributed by atoms with Crippen LogP contribution in [0.4, 0.5) is 0 Å². The predicted octanol–water partition coefficient (Wildman–Crippen LogP) is 2.57.